The predicted octanol–water partition coefficient (Wildman–Crippen LogP) is 2.04. The molecule has 2 rings (SSSR count). The van der Waals surface area contributed by atoms with Crippen LogP contribution in [0.3, 0.4) is 0 Å². The van der Waals surface area contributed by atoms with Crippen LogP contribution < -0.4 is 0 Å². The molecular formula is C9H11NO. The van der Waals surface area contributed by atoms with Crippen LogP contribution in [0.4, 0.5) is 0 Å². The Balaban J connectivity index is 2.31. The summed E-state index contributed by atoms with van der Waals surface area (Å²) < 4.78 is 5.39. The highest BCUT2D eigenvalue weighted by atomic mass is 16.5. The fourth-order valence-corrected chi connectivity index (χ4v) is 1.31. The van der Waals surface area contributed by atoms with Gasteiger partial charge in [-0.05, 0) is 12.8 Å². The minimum atomic E-state index is 0.823. The van der Waals surface area contributed by atoms with E-state index >= 15 is 0 Å². The fourth-order valence-electron chi connectivity index (χ4n) is 1.31. The van der Waals surface area contributed by atoms with Crippen LogP contribution in [-0.2, 0) is 4.74 Å². The predicted molar refractivity (Wildman–Crippen MR) is 44.5 cm³/mol. The van der Waals surface area contributed by atoms with Gasteiger partial charge in [0, 0.05) is 18.2 Å². The highest BCUT2D eigenvalue weighted by molar-refractivity contribution is 5.62. The maximum Gasteiger partial charge on any atom is 0.216 e. The maximum absolute atomic E-state index is 5.39. The number of hydrogen-bond donors (Lipinski definition) is 0. The molecule has 0 aliphatic carbocycles. The summed E-state index contributed by atoms with van der Waals surface area (Å²) in [5.41, 5.74) is 1.25. The van der Waals surface area contributed by atoms with Crippen molar-refractivity contribution in [2.24, 2.45) is 4.99 Å². The summed E-state index contributed by atoms with van der Waals surface area (Å²) in [5, 5.41) is 0. The number of ether oxygens (including phenoxy) is 1. The molecular weight excluding hydrogens is 138 g/mol. The highest BCUT2D eigenvalue weighted by Crippen LogP contribution is 2.22. The van der Waals surface area contributed by atoms with Gasteiger partial charge in [-0.25, -0.2) is 4.99 Å². The Morgan fingerprint density at radius 1 is 1.45 bits per heavy atom. The van der Waals surface area contributed by atoms with Crippen LogP contribution >= 0.6 is 0 Å². The standard InChI is InChI=1S/C9H11NO/c1-2-6-10-9-8(4-1)5-3-7-11-9/h1,4,6H,2-3,5,7H2. The number of hydrogen-bond acceptors (Lipinski definition) is 2. The van der Waals surface area contributed by atoms with Crippen molar-refractivity contribution in [2.75, 3.05) is 6.61 Å². The first-order valence-corrected chi connectivity index (χ1v) is 4.02. The summed E-state index contributed by atoms with van der Waals surface area (Å²) in [4.78, 5) is 4.22. The smallest absolute Gasteiger partial charge is 0.216 e. The van der Waals surface area contributed by atoms with E-state index in [2.05, 4.69) is 17.1 Å². The Morgan fingerprint density at radius 2 is 2.45 bits per heavy atom. The van der Waals surface area contributed by atoms with E-state index in [9.17, 15) is 0 Å². The molecule has 2 nitrogen and oxygen atoms in total. The first kappa shape index (κ1) is 6.65. The SMILES string of the molecule is C1=CC2=C(N=CC1)OCCC2. The van der Waals surface area contributed by atoms with Crippen molar-refractivity contribution in [3.05, 3.63) is 23.6 Å². The van der Waals surface area contributed by atoms with Crippen molar-refractivity contribution in [1.82, 2.24) is 0 Å². The molecule has 0 amide bonds. The van der Waals surface area contributed by atoms with Gasteiger partial charge in [-0.1, -0.05) is 12.2 Å². The van der Waals surface area contributed by atoms with Gasteiger partial charge in [0.2, 0.25) is 5.88 Å². The third-order valence-corrected chi connectivity index (χ3v) is 1.87. The number of aliphatic imine (C=N–C) groups is 1. The zero-order valence-corrected chi connectivity index (χ0v) is 6.42. The van der Waals surface area contributed by atoms with Gasteiger partial charge in [-0.2, -0.15) is 0 Å². The number of rotatable bonds is 0. The van der Waals surface area contributed by atoms with Crippen molar-refractivity contribution < 1.29 is 4.74 Å². The van der Waals surface area contributed by atoms with E-state index in [1.807, 2.05) is 6.21 Å². The second kappa shape index (κ2) is 2.91. The molecule has 2 aliphatic rings. The molecule has 0 radical (unpaired) electrons. The summed E-state index contributed by atoms with van der Waals surface area (Å²) >= 11 is 0. The summed E-state index contributed by atoms with van der Waals surface area (Å²) in [6.45, 7) is 0.823. The third kappa shape index (κ3) is 1.34. The molecule has 0 spiro atoms. The first-order valence-electron chi connectivity index (χ1n) is 4.02. The molecule has 0 aromatic rings. The third-order valence-electron chi connectivity index (χ3n) is 1.87. The lowest BCUT2D eigenvalue weighted by molar-refractivity contribution is 0.188. The van der Waals surface area contributed by atoms with E-state index < -0.39 is 0 Å². The van der Waals surface area contributed by atoms with E-state index in [-0.39, 0.29) is 0 Å². The van der Waals surface area contributed by atoms with Gasteiger partial charge in [0.1, 0.15) is 0 Å². The topological polar surface area (TPSA) is 21.6 Å². The van der Waals surface area contributed by atoms with Crippen LogP contribution in [0, 0.1) is 0 Å². The Hall–Kier alpha value is -1.05. The van der Waals surface area contributed by atoms with Gasteiger partial charge in [0.05, 0.1) is 6.61 Å². The number of allylic oxidation sites excluding steroid dienone is 3. The molecule has 2 heteroatoms. The van der Waals surface area contributed by atoms with Crippen molar-refractivity contribution >= 4 is 6.21 Å². The van der Waals surface area contributed by atoms with Crippen molar-refractivity contribution in [3.63, 3.8) is 0 Å². The lowest BCUT2D eigenvalue weighted by Crippen LogP contribution is -2.03. The molecule has 2 heterocycles. The molecule has 0 atom stereocenters. The summed E-state index contributed by atoms with van der Waals surface area (Å²) in [7, 11) is 0. The van der Waals surface area contributed by atoms with Crippen LogP contribution in [0.25, 0.3) is 0 Å². The van der Waals surface area contributed by atoms with Gasteiger partial charge in [0.15, 0.2) is 0 Å². The largest absolute Gasteiger partial charge is 0.477 e. The molecule has 0 fully saturated rings. The van der Waals surface area contributed by atoms with Gasteiger partial charge in [-0.15, -0.1) is 0 Å². The lowest BCUT2D eigenvalue weighted by Gasteiger charge is -2.14. The molecule has 0 saturated heterocycles. The molecule has 58 valence electrons. The lowest BCUT2D eigenvalue weighted by atomic mass is 10.1. The van der Waals surface area contributed by atoms with E-state index in [0.29, 0.717) is 0 Å². The van der Waals surface area contributed by atoms with Crippen molar-refractivity contribution in [2.45, 2.75) is 19.3 Å². The van der Waals surface area contributed by atoms with Gasteiger partial charge >= 0.3 is 0 Å². The van der Waals surface area contributed by atoms with Gasteiger partial charge in [-0.3, -0.25) is 0 Å². The zero-order chi connectivity index (χ0) is 7.52. The Labute approximate surface area is 66.3 Å². The Morgan fingerprint density at radius 3 is 3.45 bits per heavy atom. The van der Waals surface area contributed by atoms with Crippen LogP contribution in [0.15, 0.2) is 28.6 Å². The van der Waals surface area contributed by atoms with Gasteiger partial charge in [0.25, 0.3) is 0 Å². The fraction of sp³-hybridized carbons (Fsp3) is 0.444. The van der Waals surface area contributed by atoms with E-state index in [1.165, 1.54) is 5.57 Å². The highest BCUT2D eigenvalue weighted by Gasteiger charge is 2.10. The minimum absolute atomic E-state index is 0.823. The van der Waals surface area contributed by atoms with E-state index in [4.69, 9.17) is 4.74 Å². The van der Waals surface area contributed by atoms with E-state index in [1.54, 1.807) is 0 Å². The maximum atomic E-state index is 5.39. The quantitative estimate of drug-likeness (QED) is 0.516. The van der Waals surface area contributed by atoms with Crippen LogP contribution in [0.5, 0.6) is 0 Å². The van der Waals surface area contributed by atoms with Crippen LogP contribution in [-0.4, -0.2) is 12.8 Å². The average molecular weight is 149 g/mol. The molecule has 0 unspecified atom stereocenters. The summed E-state index contributed by atoms with van der Waals surface area (Å²) in [5.74, 6) is 0.838. The molecule has 0 aromatic heterocycles. The summed E-state index contributed by atoms with van der Waals surface area (Å²) in [6, 6.07) is 0. The number of nitrogens with zero attached hydrogens (tertiary/aromatic N) is 1. The molecule has 0 bridgehead atoms. The Kier molecular flexibility index (Phi) is 1.76. The minimum Gasteiger partial charge on any atom is -0.477 e. The average Bonchev–Trinajstić information content (AvgIpc) is 2.28. The normalized spacial score (nSPS) is 22.5. The molecule has 2 aliphatic heterocycles. The molecule has 0 aromatic carbocycles. The molecule has 11 heavy (non-hydrogen) atoms. The van der Waals surface area contributed by atoms with Crippen molar-refractivity contribution in [1.29, 1.82) is 0 Å². The van der Waals surface area contributed by atoms with Gasteiger partial charge < -0.3 is 4.74 Å². The second-order valence-electron chi connectivity index (χ2n) is 2.73. The molecule has 0 N–H and O–H groups in total. The molecule has 0 saturated carbocycles. The summed E-state index contributed by atoms with van der Waals surface area (Å²) in [6.07, 6.45) is 9.31. The van der Waals surface area contributed by atoms with Crippen molar-refractivity contribution in [3.8, 4) is 0 Å². The first-order chi connectivity index (χ1) is 5.47. The van der Waals surface area contributed by atoms with E-state index in [0.717, 1.165) is 31.8 Å². The zero-order valence-electron chi connectivity index (χ0n) is 6.42. The Bertz CT molecular complexity index is 214. The monoisotopic (exact) mass is 149 g/mol. The van der Waals surface area contributed by atoms with Crippen LogP contribution in [0.2, 0.25) is 0 Å². The van der Waals surface area contributed by atoms with Crippen LogP contribution in [0.1, 0.15) is 19.3 Å². The second-order valence-corrected chi connectivity index (χ2v) is 2.73.